The van der Waals surface area contributed by atoms with Crippen LogP contribution in [0.4, 0.5) is 0 Å². The molecule has 0 heterocycles. The fraction of sp³-hybridized carbons (Fsp3) is 0.467. The van der Waals surface area contributed by atoms with Crippen LogP contribution in [0, 0.1) is 0 Å². The molecule has 0 atom stereocenters. The van der Waals surface area contributed by atoms with Crippen molar-refractivity contribution < 1.29 is 23.8 Å². The van der Waals surface area contributed by atoms with E-state index in [1.807, 2.05) is 6.92 Å². The number of carbonyl (C=O) groups excluding carboxylic acids is 2. The van der Waals surface area contributed by atoms with Gasteiger partial charge < -0.3 is 19.1 Å². The first-order chi connectivity index (χ1) is 10.0. The third-order valence-electron chi connectivity index (χ3n) is 3.12. The SMILES string of the molecule is CCN(CC(=O)OC)C(=O)Cc1ccc(OC)cc1OC. The summed E-state index contributed by atoms with van der Waals surface area (Å²) in [6.45, 7) is 2.20. The van der Waals surface area contributed by atoms with Crippen LogP contribution in [0.3, 0.4) is 0 Å². The number of hydrogen-bond acceptors (Lipinski definition) is 5. The highest BCUT2D eigenvalue weighted by Crippen LogP contribution is 2.25. The molecule has 0 saturated carbocycles. The second-order valence-electron chi connectivity index (χ2n) is 4.34. The van der Waals surface area contributed by atoms with Gasteiger partial charge in [0.1, 0.15) is 18.0 Å². The number of hydrogen-bond donors (Lipinski definition) is 0. The maximum absolute atomic E-state index is 12.2. The maximum atomic E-state index is 12.2. The molecule has 0 aromatic heterocycles. The lowest BCUT2D eigenvalue weighted by molar-refractivity contribution is -0.146. The van der Waals surface area contributed by atoms with E-state index in [-0.39, 0.29) is 18.9 Å². The molecule has 0 aliphatic carbocycles. The highest BCUT2D eigenvalue weighted by Gasteiger charge is 2.18. The second-order valence-corrected chi connectivity index (χ2v) is 4.34. The molecule has 0 unspecified atom stereocenters. The van der Waals surface area contributed by atoms with E-state index in [9.17, 15) is 9.59 Å². The Bertz CT molecular complexity index is 501. The first-order valence-corrected chi connectivity index (χ1v) is 6.61. The lowest BCUT2D eigenvalue weighted by Crippen LogP contribution is -2.37. The van der Waals surface area contributed by atoms with Gasteiger partial charge in [-0.15, -0.1) is 0 Å². The van der Waals surface area contributed by atoms with Gasteiger partial charge in [0.2, 0.25) is 5.91 Å². The largest absolute Gasteiger partial charge is 0.497 e. The van der Waals surface area contributed by atoms with Gasteiger partial charge in [-0.3, -0.25) is 9.59 Å². The van der Waals surface area contributed by atoms with Crippen LogP contribution in [-0.2, 0) is 20.7 Å². The quantitative estimate of drug-likeness (QED) is 0.709. The van der Waals surface area contributed by atoms with Crippen LogP contribution in [0.2, 0.25) is 0 Å². The van der Waals surface area contributed by atoms with Crippen molar-refractivity contribution in [3.63, 3.8) is 0 Å². The molecule has 6 nitrogen and oxygen atoms in total. The monoisotopic (exact) mass is 295 g/mol. The van der Waals surface area contributed by atoms with Crippen molar-refractivity contribution in [1.82, 2.24) is 4.90 Å². The van der Waals surface area contributed by atoms with Gasteiger partial charge in [-0.1, -0.05) is 6.07 Å². The average Bonchev–Trinajstić information content (AvgIpc) is 2.52. The Labute approximate surface area is 124 Å². The fourth-order valence-electron chi connectivity index (χ4n) is 1.87. The number of esters is 1. The predicted molar refractivity (Wildman–Crippen MR) is 77.5 cm³/mol. The lowest BCUT2D eigenvalue weighted by Gasteiger charge is -2.20. The van der Waals surface area contributed by atoms with Crippen LogP contribution in [0.1, 0.15) is 12.5 Å². The van der Waals surface area contributed by atoms with E-state index < -0.39 is 5.97 Å². The van der Waals surface area contributed by atoms with Crippen molar-refractivity contribution in [3.05, 3.63) is 23.8 Å². The Hall–Kier alpha value is -2.24. The van der Waals surface area contributed by atoms with Gasteiger partial charge in [0.15, 0.2) is 0 Å². The summed E-state index contributed by atoms with van der Waals surface area (Å²) in [5, 5.41) is 0. The highest BCUT2D eigenvalue weighted by atomic mass is 16.5. The highest BCUT2D eigenvalue weighted by molar-refractivity contribution is 5.84. The van der Waals surface area contributed by atoms with Crippen LogP contribution in [0.5, 0.6) is 11.5 Å². The molecule has 0 N–H and O–H groups in total. The smallest absolute Gasteiger partial charge is 0.325 e. The van der Waals surface area contributed by atoms with Crippen LogP contribution in [0.15, 0.2) is 18.2 Å². The van der Waals surface area contributed by atoms with Gasteiger partial charge in [-0.05, 0) is 13.0 Å². The molecule has 116 valence electrons. The zero-order valence-electron chi connectivity index (χ0n) is 12.8. The normalized spacial score (nSPS) is 9.90. The van der Waals surface area contributed by atoms with Gasteiger partial charge in [-0.2, -0.15) is 0 Å². The number of carbonyl (C=O) groups is 2. The molecular formula is C15H21NO5. The van der Waals surface area contributed by atoms with Gasteiger partial charge >= 0.3 is 5.97 Å². The van der Waals surface area contributed by atoms with Crippen molar-refractivity contribution >= 4 is 11.9 Å². The molecule has 0 fully saturated rings. The van der Waals surface area contributed by atoms with E-state index in [0.717, 1.165) is 5.56 Å². The van der Waals surface area contributed by atoms with E-state index in [4.69, 9.17) is 9.47 Å². The van der Waals surface area contributed by atoms with Gasteiger partial charge in [0.25, 0.3) is 0 Å². The second kappa shape index (κ2) is 8.14. The third kappa shape index (κ3) is 4.66. The molecule has 1 aromatic rings. The summed E-state index contributed by atoms with van der Waals surface area (Å²) in [7, 11) is 4.40. The predicted octanol–water partition coefficient (Wildman–Crippen LogP) is 1.27. The molecule has 0 aliphatic heterocycles. The first-order valence-electron chi connectivity index (χ1n) is 6.61. The number of amides is 1. The number of ether oxygens (including phenoxy) is 3. The zero-order chi connectivity index (χ0) is 15.8. The van der Waals surface area contributed by atoms with Gasteiger partial charge in [0.05, 0.1) is 27.8 Å². The molecule has 1 rings (SSSR count). The summed E-state index contributed by atoms with van der Waals surface area (Å²) in [5.41, 5.74) is 0.742. The summed E-state index contributed by atoms with van der Waals surface area (Å²) in [5.74, 6) is 0.639. The number of nitrogens with zero attached hydrogens (tertiary/aromatic N) is 1. The summed E-state index contributed by atoms with van der Waals surface area (Å²) in [4.78, 5) is 25.0. The van der Waals surface area contributed by atoms with Crippen molar-refractivity contribution in [2.45, 2.75) is 13.3 Å². The number of benzene rings is 1. The van der Waals surface area contributed by atoms with Crippen molar-refractivity contribution in [1.29, 1.82) is 0 Å². The minimum atomic E-state index is -0.438. The van der Waals surface area contributed by atoms with E-state index >= 15 is 0 Å². The van der Waals surface area contributed by atoms with Crippen LogP contribution < -0.4 is 9.47 Å². The first kappa shape index (κ1) is 16.8. The van der Waals surface area contributed by atoms with Gasteiger partial charge in [-0.25, -0.2) is 0 Å². The van der Waals surface area contributed by atoms with E-state index in [2.05, 4.69) is 4.74 Å². The molecule has 6 heteroatoms. The minimum Gasteiger partial charge on any atom is -0.497 e. The number of rotatable bonds is 7. The Morgan fingerprint density at radius 1 is 1.14 bits per heavy atom. The summed E-state index contributed by atoms with van der Waals surface area (Å²) < 4.78 is 15.0. The van der Waals surface area contributed by atoms with Gasteiger partial charge in [0, 0.05) is 18.2 Å². The van der Waals surface area contributed by atoms with Crippen LogP contribution >= 0.6 is 0 Å². The topological polar surface area (TPSA) is 65.1 Å². The maximum Gasteiger partial charge on any atom is 0.325 e. The fourth-order valence-corrected chi connectivity index (χ4v) is 1.87. The van der Waals surface area contributed by atoms with Crippen LogP contribution in [0.25, 0.3) is 0 Å². The molecule has 0 aliphatic rings. The molecule has 1 amide bonds. The Morgan fingerprint density at radius 2 is 1.86 bits per heavy atom. The number of likely N-dealkylation sites (N-methyl/N-ethyl adjacent to an activating group) is 1. The lowest BCUT2D eigenvalue weighted by atomic mass is 10.1. The Kier molecular flexibility index (Phi) is 6.52. The van der Waals surface area contributed by atoms with E-state index in [1.54, 1.807) is 25.3 Å². The van der Waals surface area contributed by atoms with Crippen molar-refractivity contribution in [2.24, 2.45) is 0 Å². The summed E-state index contributed by atoms with van der Waals surface area (Å²) in [6, 6.07) is 5.27. The molecule has 0 radical (unpaired) electrons. The molecule has 21 heavy (non-hydrogen) atoms. The summed E-state index contributed by atoms with van der Waals surface area (Å²) >= 11 is 0. The third-order valence-corrected chi connectivity index (χ3v) is 3.12. The van der Waals surface area contributed by atoms with Crippen molar-refractivity contribution in [3.8, 4) is 11.5 Å². The Balaban J connectivity index is 2.83. The molecular weight excluding hydrogens is 274 g/mol. The molecule has 0 spiro atoms. The van der Waals surface area contributed by atoms with Crippen LogP contribution in [-0.4, -0.2) is 51.2 Å². The Morgan fingerprint density at radius 3 is 2.38 bits per heavy atom. The zero-order valence-corrected chi connectivity index (χ0v) is 12.8. The number of methoxy groups -OCH3 is 3. The molecule has 1 aromatic carbocycles. The van der Waals surface area contributed by atoms with E-state index in [0.29, 0.717) is 18.0 Å². The minimum absolute atomic E-state index is 0.0513. The average molecular weight is 295 g/mol. The van der Waals surface area contributed by atoms with E-state index in [1.165, 1.54) is 19.1 Å². The van der Waals surface area contributed by atoms with Crippen molar-refractivity contribution in [2.75, 3.05) is 34.4 Å². The molecule has 0 saturated heterocycles. The molecule has 0 bridgehead atoms. The standard InChI is InChI=1S/C15H21NO5/c1-5-16(10-15(18)21-4)14(17)8-11-6-7-12(19-2)9-13(11)20-3/h6-7,9H,5,8,10H2,1-4H3. The summed E-state index contributed by atoms with van der Waals surface area (Å²) in [6.07, 6.45) is 0.151.